The topological polar surface area (TPSA) is 77.8 Å². The molecule has 0 bridgehead atoms. The molecule has 2 aliphatic rings. The van der Waals surface area contributed by atoms with Crippen molar-refractivity contribution in [2.24, 2.45) is 22.7 Å². The number of aliphatic hydroxyl groups excluding tert-OH is 2. The summed E-state index contributed by atoms with van der Waals surface area (Å²) in [5.74, 6) is 0.482. The van der Waals surface area contributed by atoms with Gasteiger partial charge in [-0.3, -0.25) is 4.79 Å². The van der Waals surface area contributed by atoms with Gasteiger partial charge in [-0.2, -0.15) is 0 Å². The molecule has 0 saturated heterocycles. The summed E-state index contributed by atoms with van der Waals surface area (Å²) in [5, 5.41) is 29.4. The maximum atomic E-state index is 12.8. The minimum Gasteiger partial charge on any atom is -0.394 e. The second kappa shape index (κ2) is 6.54. The summed E-state index contributed by atoms with van der Waals surface area (Å²) in [6, 6.07) is 0. The zero-order chi connectivity index (χ0) is 18.3. The first-order valence-corrected chi connectivity index (χ1v) is 9.19. The first kappa shape index (κ1) is 19.6. The third-order valence-electron chi connectivity index (χ3n) is 6.81. The van der Waals surface area contributed by atoms with Gasteiger partial charge >= 0.3 is 0 Å². The average molecular weight is 338 g/mol. The van der Waals surface area contributed by atoms with Gasteiger partial charge in [0.05, 0.1) is 12.2 Å². The molecule has 0 aromatic rings. The molecule has 0 radical (unpaired) electrons. The van der Waals surface area contributed by atoms with Crippen LogP contribution in [0.25, 0.3) is 0 Å². The average Bonchev–Trinajstić information content (AvgIpc) is 2.43. The van der Waals surface area contributed by atoms with E-state index in [0.717, 1.165) is 24.8 Å². The van der Waals surface area contributed by atoms with Crippen LogP contribution in [0.3, 0.4) is 0 Å². The lowest BCUT2D eigenvalue weighted by Gasteiger charge is -2.56. The summed E-state index contributed by atoms with van der Waals surface area (Å²) < 4.78 is 0. The van der Waals surface area contributed by atoms with Crippen molar-refractivity contribution in [3.8, 4) is 0 Å². The van der Waals surface area contributed by atoms with Crippen molar-refractivity contribution in [2.75, 3.05) is 6.61 Å². The minimum absolute atomic E-state index is 0.00728. The molecule has 5 atom stereocenters. The second-order valence-electron chi connectivity index (χ2n) is 9.22. The molecule has 1 fully saturated rings. The van der Waals surface area contributed by atoms with Crippen LogP contribution >= 0.6 is 0 Å². The Labute approximate surface area is 146 Å². The number of allylic oxidation sites excluding steroid dienone is 2. The van der Waals surface area contributed by atoms with Crippen LogP contribution in [0.4, 0.5) is 0 Å². The fraction of sp³-hybridized carbons (Fsp3) is 0.850. The first-order chi connectivity index (χ1) is 11.0. The highest BCUT2D eigenvalue weighted by atomic mass is 16.4. The highest BCUT2D eigenvalue weighted by Gasteiger charge is 2.55. The molecule has 0 aromatic heterocycles. The number of carbonyl (C=O) groups excluding carboxylic acids is 1. The molecule has 2 aliphatic carbocycles. The van der Waals surface area contributed by atoms with Gasteiger partial charge < -0.3 is 15.3 Å². The van der Waals surface area contributed by atoms with E-state index in [-0.39, 0.29) is 28.4 Å². The van der Waals surface area contributed by atoms with E-state index in [9.17, 15) is 15.0 Å². The number of aliphatic hydroxyl groups is 3. The van der Waals surface area contributed by atoms with E-state index in [2.05, 4.69) is 20.8 Å². The van der Waals surface area contributed by atoms with Gasteiger partial charge in [0.15, 0.2) is 5.78 Å². The van der Waals surface area contributed by atoms with E-state index < -0.39 is 18.3 Å². The van der Waals surface area contributed by atoms with Crippen LogP contribution in [0.15, 0.2) is 11.6 Å². The predicted molar refractivity (Wildman–Crippen MR) is 94.4 cm³/mol. The van der Waals surface area contributed by atoms with Crippen molar-refractivity contribution >= 4 is 5.78 Å². The molecule has 0 unspecified atom stereocenters. The molecule has 4 nitrogen and oxygen atoms in total. The molecule has 2 rings (SSSR count). The Morgan fingerprint density at radius 3 is 2.54 bits per heavy atom. The van der Waals surface area contributed by atoms with Gasteiger partial charge in [0, 0.05) is 5.92 Å². The van der Waals surface area contributed by atoms with Gasteiger partial charge in [-0.15, -0.1) is 0 Å². The largest absolute Gasteiger partial charge is 0.394 e. The molecule has 0 aliphatic heterocycles. The molecule has 138 valence electrons. The Kier molecular flexibility index (Phi) is 5.35. The normalized spacial score (nSPS) is 36.5. The highest BCUT2D eigenvalue weighted by molar-refractivity contribution is 5.94. The molecular weight excluding hydrogens is 304 g/mol. The van der Waals surface area contributed by atoms with Crippen LogP contribution in [-0.4, -0.2) is 39.4 Å². The van der Waals surface area contributed by atoms with E-state index in [1.165, 1.54) is 0 Å². The minimum atomic E-state index is -1.31. The maximum Gasteiger partial charge on any atom is 0.159 e. The Morgan fingerprint density at radius 1 is 1.33 bits per heavy atom. The zero-order valence-corrected chi connectivity index (χ0v) is 15.8. The van der Waals surface area contributed by atoms with Crippen molar-refractivity contribution in [3.05, 3.63) is 11.6 Å². The molecule has 0 heterocycles. The predicted octanol–water partition coefficient (Wildman–Crippen LogP) is 2.85. The zero-order valence-electron chi connectivity index (χ0n) is 15.8. The fourth-order valence-corrected chi connectivity index (χ4v) is 5.48. The molecular formula is C20H34O4. The van der Waals surface area contributed by atoms with Gasteiger partial charge in [0.2, 0.25) is 0 Å². The standard InChI is InChI=1S/C20H34O4/c1-13-11-15(22)17-18(2,3)8-6-9-19(17,4)14(13)7-10-20(5,24)16(23)12-21/h11,14,16-17,21,23-24H,6-10,12H2,1-5H3/t14-,16+,17+,19+,20-/m0/s1. The number of ketones is 1. The van der Waals surface area contributed by atoms with Gasteiger partial charge in [0.25, 0.3) is 0 Å². The van der Waals surface area contributed by atoms with E-state index in [4.69, 9.17) is 5.11 Å². The van der Waals surface area contributed by atoms with Crippen LogP contribution in [0.5, 0.6) is 0 Å². The van der Waals surface area contributed by atoms with Crippen LogP contribution in [0.2, 0.25) is 0 Å². The van der Waals surface area contributed by atoms with Gasteiger partial charge in [-0.25, -0.2) is 0 Å². The van der Waals surface area contributed by atoms with Crippen molar-refractivity contribution < 1.29 is 20.1 Å². The van der Waals surface area contributed by atoms with Crippen LogP contribution in [-0.2, 0) is 4.79 Å². The number of fused-ring (bicyclic) bond motifs is 1. The second-order valence-corrected chi connectivity index (χ2v) is 9.22. The molecule has 0 spiro atoms. The maximum absolute atomic E-state index is 12.8. The Bertz CT molecular complexity index is 520. The lowest BCUT2D eigenvalue weighted by atomic mass is 9.47. The molecule has 4 heteroatoms. The molecule has 1 saturated carbocycles. The van der Waals surface area contributed by atoms with Crippen molar-refractivity contribution in [3.63, 3.8) is 0 Å². The van der Waals surface area contributed by atoms with E-state index in [0.29, 0.717) is 12.8 Å². The summed E-state index contributed by atoms with van der Waals surface area (Å²) in [6.07, 6.45) is 4.99. The van der Waals surface area contributed by atoms with E-state index in [1.807, 2.05) is 6.92 Å². The van der Waals surface area contributed by atoms with Gasteiger partial charge in [-0.1, -0.05) is 32.8 Å². The van der Waals surface area contributed by atoms with Gasteiger partial charge in [0.1, 0.15) is 6.10 Å². The van der Waals surface area contributed by atoms with E-state index >= 15 is 0 Å². The number of hydrogen-bond acceptors (Lipinski definition) is 4. The summed E-state index contributed by atoms with van der Waals surface area (Å²) in [5.41, 5.74) is -0.331. The smallest absolute Gasteiger partial charge is 0.159 e. The Hall–Kier alpha value is -0.710. The molecule has 0 aromatic carbocycles. The molecule has 24 heavy (non-hydrogen) atoms. The Morgan fingerprint density at radius 2 is 1.96 bits per heavy atom. The van der Waals surface area contributed by atoms with Gasteiger partial charge in [-0.05, 0) is 62.4 Å². The summed E-state index contributed by atoms with van der Waals surface area (Å²) >= 11 is 0. The van der Waals surface area contributed by atoms with Crippen LogP contribution in [0.1, 0.15) is 66.7 Å². The number of hydrogen-bond donors (Lipinski definition) is 3. The van der Waals surface area contributed by atoms with Crippen molar-refractivity contribution in [1.29, 1.82) is 0 Å². The highest BCUT2D eigenvalue weighted by Crippen LogP contribution is 2.59. The molecule has 0 amide bonds. The van der Waals surface area contributed by atoms with E-state index in [1.54, 1.807) is 13.0 Å². The first-order valence-electron chi connectivity index (χ1n) is 9.19. The monoisotopic (exact) mass is 338 g/mol. The Balaban J connectivity index is 2.28. The summed E-state index contributed by atoms with van der Waals surface area (Å²) in [4.78, 5) is 12.8. The van der Waals surface area contributed by atoms with Crippen molar-refractivity contribution in [1.82, 2.24) is 0 Å². The molecule has 3 N–H and O–H groups in total. The summed E-state index contributed by atoms with van der Waals surface area (Å²) in [7, 11) is 0. The fourth-order valence-electron chi connectivity index (χ4n) is 5.48. The lowest BCUT2D eigenvalue weighted by Crippen LogP contribution is -2.53. The van der Waals surface area contributed by atoms with Crippen LogP contribution < -0.4 is 0 Å². The quantitative estimate of drug-likeness (QED) is 0.720. The lowest BCUT2D eigenvalue weighted by molar-refractivity contribution is -0.137. The number of carbonyl (C=O) groups is 1. The number of rotatable bonds is 5. The third kappa shape index (κ3) is 3.33. The van der Waals surface area contributed by atoms with Crippen LogP contribution in [0, 0.1) is 22.7 Å². The third-order valence-corrected chi connectivity index (χ3v) is 6.81. The van der Waals surface area contributed by atoms with Crippen molar-refractivity contribution in [2.45, 2.75) is 78.4 Å². The summed E-state index contributed by atoms with van der Waals surface area (Å²) in [6.45, 7) is 9.77. The SMILES string of the molecule is CC1=CC(=O)[C@@H]2C(C)(C)CCC[C@]2(C)[C@H]1CC[C@](C)(O)[C@H](O)CO.